The number of nitrogens with zero attached hydrogens (tertiary/aromatic N) is 1. The second-order valence-corrected chi connectivity index (χ2v) is 4.68. The topological polar surface area (TPSA) is 41.6 Å². The summed E-state index contributed by atoms with van der Waals surface area (Å²) < 4.78 is 5.49. The molecule has 0 aliphatic carbocycles. The van der Waals surface area contributed by atoms with E-state index >= 15 is 0 Å². The summed E-state index contributed by atoms with van der Waals surface area (Å²) in [4.78, 5) is 14.3. The third kappa shape index (κ3) is 3.57. The SMILES string of the molecule is CCCN(C(=O)[C@H]1CCCO1)C1CCNC1.Cl. The highest BCUT2D eigenvalue weighted by molar-refractivity contribution is 5.85. The first-order valence-electron chi connectivity index (χ1n) is 6.45. The van der Waals surface area contributed by atoms with E-state index in [1.807, 2.05) is 4.90 Å². The van der Waals surface area contributed by atoms with Crippen molar-refractivity contribution in [2.45, 2.75) is 44.8 Å². The van der Waals surface area contributed by atoms with Crippen LogP contribution in [-0.2, 0) is 9.53 Å². The predicted octanol–water partition coefficient (Wildman–Crippen LogP) is 1.19. The van der Waals surface area contributed by atoms with Gasteiger partial charge in [-0.25, -0.2) is 0 Å². The van der Waals surface area contributed by atoms with Crippen LogP contribution in [0, 0.1) is 0 Å². The maximum absolute atomic E-state index is 12.3. The van der Waals surface area contributed by atoms with Crippen LogP contribution in [0.5, 0.6) is 0 Å². The second-order valence-electron chi connectivity index (χ2n) is 4.68. The molecule has 0 saturated carbocycles. The predicted molar refractivity (Wildman–Crippen MR) is 69.5 cm³/mol. The number of hydrogen-bond acceptors (Lipinski definition) is 3. The molecule has 0 aromatic rings. The van der Waals surface area contributed by atoms with Crippen LogP contribution in [0.2, 0.25) is 0 Å². The van der Waals surface area contributed by atoms with Gasteiger partial charge in [0.2, 0.25) is 0 Å². The van der Waals surface area contributed by atoms with E-state index < -0.39 is 0 Å². The van der Waals surface area contributed by atoms with Crippen LogP contribution in [0.15, 0.2) is 0 Å². The zero-order valence-corrected chi connectivity index (χ0v) is 11.3. The summed E-state index contributed by atoms with van der Waals surface area (Å²) in [5.41, 5.74) is 0. The third-order valence-electron chi connectivity index (χ3n) is 3.43. The van der Waals surface area contributed by atoms with Crippen molar-refractivity contribution in [2.75, 3.05) is 26.2 Å². The first-order valence-corrected chi connectivity index (χ1v) is 6.45. The Morgan fingerprint density at radius 1 is 1.47 bits per heavy atom. The summed E-state index contributed by atoms with van der Waals surface area (Å²) in [7, 11) is 0. The van der Waals surface area contributed by atoms with Crippen LogP contribution in [-0.4, -0.2) is 49.2 Å². The highest BCUT2D eigenvalue weighted by atomic mass is 35.5. The van der Waals surface area contributed by atoms with E-state index in [0.717, 1.165) is 51.9 Å². The van der Waals surface area contributed by atoms with Crippen LogP contribution in [0.3, 0.4) is 0 Å². The van der Waals surface area contributed by atoms with Gasteiger partial charge >= 0.3 is 0 Å². The smallest absolute Gasteiger partial charge is 0.251 e. The minimum Gasteiger partial charge on any atom is -0.368 e. The Morgan fingerprint density at radius 3 is 2.82 bits per heavy atom. The quantitative estimate of drug-likeness (QED) is 0.828. The summed E-state index contributed by atoms with van der Waals surface area (Å²) in [6, 6.07) is 0.386. The fourth-order valence-electron chi connectivity index (χ4n) is 2.58. The molecule has 1 amide bonds. The van der Waals surface area contributed by atoms with Gasteiger partial charge in [0.15, 0.2) is 0 Å². The van der Waals surface area contributed by atoms with Gasteiger partial charge in [-0.2, -0.15) is 0 Å². The average Bonchev–Trinajstić information content (AvgIpc) is 2.96. The van der Waals surface area contributed by atoms with Gasteiger partial charge in [0.25, 0.3) is 5.91 Å². The number of amides is 1. The molecular weight excluding hydrogens is 240 g/mol. The molecule has 0 aromatic heterocycles. The zero-order chi connectivity index (χ0) is 11.4. The molecule has 2 aliphatic heterocycles. The number of ether oxygens (including phenoxy) is 1. The van der Waals surface area contributed by atoms with Crippen molar-refractivity contribution >= 4 is 18.3 Å². The van der Waals surface area contributed by atoms with Crippen LogP contribution in [0.25, 0.3) is 0 Å². The lowest BCUT2D eigenvalue weighted by Crippen LogP contribution is -2.46. The van der Waals surface area contributed by atoms with Gasteiger partial charge in [-0.05, 0) is 32.2 Å². The van der Waals surface area contributed by atoms with Crippen LogP contribution in [0.4, 0.5) is 0 Å². The van der Waals surface area contributed by atoms with E-state index in [9.17, 15) is 4.79 Å². The molecule has 2 fully saturated rings. The third-order valence-corrected chi connectivity index (χ3v) is 3.43. The van der Waals surface area contributed by atoms with Crippen molar-refractivity contribution in [1.29, 1.82) is 0 Å². The van der Waals surface area contributed by atoms with Gasteiger partial charge in [0.05, 0.1) is 0 Å². The van der Waals surface area contributed by atoms with Gasteiger partial charge in [-0.1, -0.05) is 6.92 Å². The summed E-state index contributed by atoms with van der Waals surface area (Å²) in [5, 5.41) is 3.32. The highest BCUT2D eigenvalue weighted by Gasteiger charge is 2.32. The lowest BCUT2D eigenvalue weighted by Gasteiger charge is -2.30. The van der Waals surface area contributed by atoms with Gasteiger partial charge < -0.3 is 15.0 Å². The molecule has 1 N–H and O–H groups in total. The molecule has 4 nitrogen and oxygen atoms in total. The number of halogens is 1. The van der Waals surface area contributed by atoms with Gasteiger partial charge in [-0.15, -0.1) is 12.4 Å². The number of carbonyl (C=O) groups excluding carboxylic acids is 1. The van der Waals surface area contributed by atoms with Crippen LogP contribution >= 0.6 is 12.4 Å². The normalized spacial score (nSPS) is 27.8. The molecule has 17 heavy (non-hydrogen) atoms. The molecule has 2 heterocycles. The lowest BCUT2D eigenvalue weighted by molar-refractivity contribution is -0.143. The van der Waals surface area contributed by atoms with E-state index in [1.165, 1.54) is 0 Å². The van der Waals surface area contributed by atoms with Gasteiger partial charge in [-0.3, -0.25) is 4.79 Å². The number of nitrogens with one attached hydrogen (secondary N) is 1. The van der Waals surface area contributed by atoms with Crippen molar-refractivity contribution in [3.63, 3.8) is 0 Å². The Morgan fingerprint density at radius 2 is 2.29 bits per heavy atom. The molecule has 2 saturated heterocycles. The second kappa shape index (κ2) is 7.19. The minimum atomic E-state index is -0.160. The summed E-state index contributed by atoms with van der Waals surface area (Å²) >= 11 is 0. The maximum Gasteiger partial charge on any atom is 0.251 e. The molecule has 2 rings (SSSR count). The Bertz CT molecular complexity index is 239. The summed E-state index contributed by atoms with van der Waals surface area (Å²) in [6.45, 7) is 5.71. The molecular formula is C12H23ClN2O2. The van der Waals surface area contributed by atoms with E-state index in [0.29, 0.717) is 6.04 Å². The number of hydrogen-bond donors (Lipinski definition) is 1. The molecule has 1 unspecified atom stereocenters. The zero-order valence-electron chi connectivity index (χ0n) is 10.5. The van der Waals surface area contributed by atoms with Gasteiger partial charge in [0, 0.05) is 25.7 Å². The monoisotopic (exact) mass is 262 g/mol. The minimum absolute atomic E-state index is 0. The Labute approximate surface area is 109 Å². The molecule has 2 aliphatic rings. The van der Waals surface area contributed by atoms with E-state index in [1.54, 1.807) is 0 Å². The summed E-state index contributed by atoms with van der Waals surface area (Å²) in [6.07, 6.45) is 3.87. The number of carbonyl (C=O) groups is 1. The van der Waals surface area contributed by atoms with E-state index in [4.69, 9.17) is 4.74 Å². The summed E-state index contributed by atoms with van der Waals surface area (Å²) in [5.74, 6) is 0.216. The van der Waals surface area contributed by atoms with Crippen molar-refractivity contribution in [1.82, 2.24) is 10.2 Å². The first-order chi connectivity index (χ1) is 7.83. The Kier molecular flexibility index (Phi) is 6.23. The molecule has 5 heteroatoms. The van der Waals surface area contributed by atoms with Crippen molar-refractivity contribution in [2.24, 2.45) is 0 Å². The van der Waals surface area contributed by atoms with Crippen LogP contribution < -0.4 is 5.32 Å². The molecule has 2 atom stereocenters. The fraction of sp³-hybridized carbons (Fsp3) is 0.917. The molecule has 0 aromatic carbocycles. The van der Waals surface area contributed by atoms with Gasteiger partial charge in [0.1, 0.15) is 6.10 Å². The van der Waals surface area contributed by atoms with Crippen LogP contribution in [0.1, 0.15) is 32.6 Å². The van der Waals surface area contributed by atoms with Crippen molar-refractivity contribution < 1.29 is 9.53 Å². The fourth-order valence-corrected chi connectivity index (χ4v) is 2.58. The molecule has 0 bridgehead atoms. The van der Waals surface area contributed by atoms with E-state index in [2.05, 4.69) is 12.2 Å². The van der Waals surface area contributed by atoms with Crippen molar-refractivity contribution in [3.05, 3.63) is 0 Å². The maximum atomic E-state index is 12.3. The first kappa shape index (κ1) is 14.7. The average molecular weight is 263 g/mol. The molecule has 100 valence electrons. The Hall–Kier alpha value is -0.320. The number of rotatable bonds is 4. The standard InChI is InChI=1S/C12H22N2O2.ClH/c1-2-7-14(10-5-6-13-9-10)12(15)11-4-3-8-16-11;/h10-11,13H,2-9H2,1H3;1H/t10?,11-;/m1./s1. The lowest BCUT2D eigenvalue weighted by atomic mass is 10.1. The van der Waals surface area contributed by atoms with E-state index in [-0.39, 0.29) is 24.4 Å². The Balaban J connectivity index is 0.00000144. The largest absolute Gasteiger partial charge is 0.368 e. The van der Waals surface area contributed by atoms with Crippen molar-refractivity contribution in [3.8, 4) is 0 Å². The molecule has 0 spiro atoms. The molecule has 0 radical (unpaired) electrons. The highest BCUT2D eigenvalue weighted by Crippen LogP contribution is 2.18.